The van der Waals surface area contributed by atoms with Crippen LogP contribution in [0.1, 0.15) is 5.69 Å². The zero-order chi connectivity index (χ0) is 10.1. The molecule has 0 aliphatic rings. The van der Waals surface area contributed by atoms with E-state index in [2.05, 4.69) is 25.9 Å². The number of aryl methyl sites for hydroxylation is 1. The van der Waals surface area contributed by atoms with Crippen LogP contribution in [-0.2, 0) is 0 Å². The van der Waals surface area contributed by atoms with Gasteiger partial charge in [0.15, 0.2) is 0 Å². The number of hydrogen-bond donors (Lipinski definition) is 1. The number of nitrogens with zero attached hydrogens (tertiary/aromatic N) is 2. The average Bonchev–Trinajstić information content (AvgIpc) is 2.45. The fourth-order valence-electron chi connectivity index (χ4n) is 1.16. The van der Waals surface area contributed by atoms with E-state index in [4.69, 9.17) is 5.73 Å². The highest BCUT2D eigenvalue weighted by atomic mass is 79.9. The first-order chi connectivity index (χ1) is 6.66. The predicted octanol–water partition coefficient (Wildman–Crippen LogP) is 2.86. The first kappa shape index (κ1) is 9.61. The van der Waals surface area contributed by atoms with E-state index < -0.39 is 0 Å². The number of nitrogens with two attached hydrogens (primary N) is 1. The Morgan fingerprint density at radius 2 is 2.14 bits per heavy atom. The molecule has 2 aromatic heterocycles. The van der Waals surface area contributed by atoms with Gasteiger partial charge in [-0.15, -0.1) is 11.3 Å². The quantitative estimate of drug-likeness (QED) is 0.866. The van der Waals surface area contributed by atoms with Gasteiger partial charge >= 0.3 is 0 Å². The normalized spacial score (nSPS) is 10.4. The number of hydrogen-bond acceptors (Lipinski definition) is 4. The van der Waals surface area contributed by atoms with Crippen LogP contribution >= 0.6 is 27.3 Å². The van der Waals surface area contributed by atoms with Crippen molar-refractivity contribution in [1.82, 2.24) is 9.97 Å². The zero-order valence-corrected chi connectivity index (χ0v) is 9.89. The van der Waals surface area contributed by atoms with Crippen LogP contribution in [-0.4, -0.2) is 9.97 Å². The molecule has 0 atom stereocenters. The minimum absolute atomic E-state index is 0.781. The molecule has 72 valence electrons. The van der Waals surface area contributed by atoms with Crippen molar-refractivity contribution in [1.29, 1.82) is 0 Å². The maximum Gasteiger partial charge on any atom is 0.116 e. The number of nitrogen functional groups attached to an aromatic ring is 1. The van der Waals surface area contributed by atoms with E-state index in [0.717, 1.165) is 25.7 Å². The van der Waals surface area contributed by atoms with Gasteiger partial charge in [-0.25, -0.2) is 9.97 Å². The Kier molecular flexibility index (Phi) is 2.52. The van der Waals surface area contributed by atoms with Crippen molar-refractivity contribution in [3.8, 4) is 11.3 Å². The summed E-state index contributed by atoms with van der Waals surface area (Å²) in [4.78, 5) is 8.24. The van der Waals surface area contributed by atoms with Gasteiger partial charge in [-0.1, -0.05) is 0 Å². The molecule has 2 rings (SSSR count). The number of anilines is 1. The molecule has 5 heteroatoms. The van der Waals surface area contributed by atoms with Gasteiger partial charge in [0.2, 0.25) is 0 Å². The van der Waals surface area contributed by atoms with Gasteiger partial charge in [-0.2, -0.15) is 0 Å². The fourth-order valence-corrected chi connectivity index (χ4v) is 2.70. The molecular formula is C9H8BrN3S. The summed E-state index contributed by atoms with van der Waals surface area (Å²) in [5.41, 5.74) is 8.58. The van der Waals surface area contributed by atoms with Crippen molar-refractivity contribution in [2.24, 2.45) is 0 Å². The van der Waals surface area contributed by atoms with E-state index in [-0.39, 0.29) is 0 Å². The van der Waals surface area contributed by atoms with Crippen LogP contribution in [0.2, 0.25) is 0 Å². The van der Waals surface area contributed by atoms with Crippen LogP contribution in [0, 0.1) is 6.92 Å². The number of rotatable bonds is 1. The Morgan fingerprint density at radius 3 is 2.71 bits per heavy atom. The third-order valence-corrected chi connectivity index (χ3v) is 3.45. The molecule has 0 amide bonds. The first-order valence-corrected chi connectivity index (χ1v) is 5.61. The maximum absolute atomic E-state index is 5.70. The number of aromatic nitrogens is 2. The van der Waals surface area contributed by atoms with Crippen LogP contribution < -0.4 is 5.73 Å². The summed E-state index contributed by atoms with van der Waals surface area (Å²) in [6.45, 7) is 1.94. The number of halogens is 1. The Hall–Kier alpha value is -0.940. The van der Waals surface area contributed by atoms with Crippen LogP contribution in [0.25, 0.3) is 11.3 Å². The van der Waals surface area contributed by atoms with Crippen molar-refractivity contribution >= 4 is 32.3 Å². The van der Waals surface area contributed by atoms with Crippen molar-refractivity contribution in [3.63, 3.8) is 0 Å². The van der Waals surface area contributed by atoms with E-state index in [1.54, 1.807) is 6.33 Å². The zero-order valence-electron chi connectivity index (χ0n) is 7.49. The predicted molar refractivity (Wildman–Crippen MR) is 62.2 cm³/mol. The highest BCUT2D eigenvalue weighted by Gasteiger charge is 2.08. The lowest BCUT2D eigenvalue weighted by atomic mass is 10.2. The molecule has 0 bridgehead atoms. The van der Waals surface area contributed by atoms with Gasteiger partial charge in [0.1, 0.15) is 6.33 Å². The topological polar surface area (TPSA) is 51.8 Å². The summed E-state index contributed by atoms with van der Waals surface area (Å²) >= 11 is 4.96. The summed E-state index contributed by atoms with van der Waals surface area (Å²) in [6, 6.07) is 3.85. The largest absolute Gasteiger partial charge is 0.391 e. The highest BCUT2D eigenvalue weighted by Crippen LogP contribution is 2.36. The molecule has 0 aliphatic carbocycles. The van der Waals surface area contributed by atoms with Gasteiger partial charge in [0.25, 0.3) is 0 Å². The lowest BCUT2D eigenvalue weighted by Gasteiger charge is -1.98. The molecule has 3 nitrogen and oxygen atoms in total. The van der Waals surface area contributed by atoms with E-state index in [0.29, 0.717) is 0 Å². The molecule has 0 unspecified atom stereocenters. The standard InChI is InChI=1S/C9H8BrN3S/c1-5-2-7(13-4-12-5)6-3-8(11)14-9(6)10/h2-4H,11H2,1H3. The van der Waals surface area contributed by atoms with Gasteiger partial charge in [0, 0.05) is 11.3 Å². The highest BCUT2D eigenvalue weighted by molar-refractivity contribution is 9.11. The summed E-state index contributed by atoms with van der Waals surface area (Å²) in [7, 11) is 0. The molecule has 0 fully saturated rings. The van der Waals surface area contributed by atoms with Crippen molar-refractivity contribution in [3.05, 3.63) is 27.9 Å². The van der Waals surface area contributed by atoms with Crippen LogP contribution in [0.15, 0.2) is 22.2 Å². The van der Waals surface area contributed by atoms with Crippen LogP contribution in [0.3, 0.4) is 0 Å². The lowest BCUT2D eigenvalue weighted by Crippen LogP contribution is -1.86. The Morgan fingerprint density at radius 1 is 1.36 bits per heavy atom. The molecule has 14 heavy (non-hydrogen) atoms. The Labute approximate surface area is 94.1 Å². The van der Waals surface area contributed by atoms with E-state index in [1.807, 2.05) is 19.1 Å². The van der Waals surface area contributed by atoms with Crippen LogP contribution in [0.4, 0.5) is 5.00 Å². The second kappa shape index (κ2) is 3.67. The molecule has 0 aliphatic heterocycles. The summed E-state index contributed by atoms with van der Waals surface area (Å²) in [6.07, 6.45) is 1.56. The maximum atomic E-state index is 5.70. The smallest absolute Gasteiger partial charge is 0.116 e. The third-order valence-electron chi connectivity index (χ3n) is 1.79. The second-order valence-corrected chi connectivity index (χ2v) is 5.28. The third kappa shape index (κ3) is 1.78. The molecule has 0 aromatic carbocycles. The fraction of sp³-hybridized carbons (Fsp3) is 0.111. The Bertz CT molecular complexity index is 467. The molecule has 2 N–H and O–H groups in total. The molecule has 0 spiro atoms. The summed E-state index contributed by atoms with van der Waals surface area (Å²) in [5, 5.41) is 0.781. The van der Waals surface area contributed by atoms with Gasteiger partial charge in [-0.05, 0) is 35.0 Å². The van der Waals surface area contributed by atoms with E-state index >= 15 is 0 Å². The lowest BCUT2D eigenvalue weighted by molar-refractivity contribution is 1.11. The SMILES string of the molecule is Cc1cc(-c2cc(N)sc2Br)ncn1. The summed E-state index contributed by atoms with van der Waals surface area (Å²) < 4.78 is 1.01. The molecular weight excluding hydrogens is 262 g/mol. The molecule has 2 heterocycles. The van der Waals surface area contributed by atoms with Gasteiger partial charge < -0.3 is 5.73 Å². The first-order valence-electron chi connectivity index (χ1n) is 4.00. The average molecular weight is 270 g/mol. The molecule has 0 radical (unpaired) electrons. The monoisotopic (exact) mass is 269 g/mol. The second-order valence-electron chi connectivity index (χ2n) is 2.88. The number of thiophene rings is 1. The molecule has 0 saturated heterocycles. The molecule has 2 aromatic rings. The minimum Gasteiger partial charge on any atom is -0.391 e. The van der Waals surface area contributed by atoms with Crippen molar-refractivity contribution in [2.45, 2.75) is 6.92 Å². The van der Waals surface area contributed by atoms with Crippen molar-refractivity contribution in [2.75, 3.05) is 5.73 Å². The van der Waals surface area contributed by atoms with E-state index in [1.165, 1.54) is 11.3 Å². The summed E-state index contributed by atoms with van der Waals surface area (Å²) in [5.74, 6) is 0. The minimum atomic E-state index is 0.781. The van der Waals surface area contributed by atoms with Gasteiger partial charge in [0.05, 0.1) is 14.5 Å². The van der Waals surface area contributed by atoms with Crippen molar-refractivity contribution < 1.29 is 0 Å². The van der Waals surface area contributed by atoms with E-state index in [9.17, 15) is 0 Å². The van der Waals surface area contributed by atoms with Crippen LogP contribution in [0.5, 0.6) is 0 Å². The Balaban J connectivity index is 2.54. The van der Waals surface area contributed by atoms with Gasteiger partial charge in [-0.3, -0.25) is 0 Å². The molecule has 0 saturated carbocycles.